The van der Waals surface area contributed by atoms with Gasteiger partial charge in [-0.15, -0.1) is 0 Å². The van der Waals surface area contributed by atoms with E-state index in [2.05, 4.69) is 0 Å². The van der Waals surface area contributed by atoms with Gasteiger partial charge in [0.25, 0.3) is 5.91 Å². The average molecular weight is 450 g/mol. The van der Waals surface area contributed by atoms with E-state index in [1.165, 1.54) is 6.07 Å². The van der Waals surface area contributed by atoms with Gasteiger partial charge in [0.1, 0.15) is 25.1 Å². The first-order valence-corrected chi connectivity index (χ1v) is 10.1. The van der Waals surface area contributed by atoms with Crippen LogP contribution in [-0.2, 0) is 0 Å². The van der Waals surface area contributed by atoms with Crippen molar-refractivity contribution < 1.29 is 14.6 Å². The number of aromatic hydroxyl groups is 1. The van der Waals surface area contributed by atoms with Crippen LogP contribution in [0.1, 0.15) is 27.7 Å². The first-order chi connectivity index (χ1) is 15.1. The topological polar surface area (TPSA) is 75.0 Å². The van der Waals surface area contributed by atoms with Crippen LogP contribution in [0.2, 0.25) is 0 Å². The Bertz CT molecular complexity index is 1230. The lowest BCUT2D eigenvalue weighted by atomic mass is 9.97. The molecule has 3 heterocycles. The fraction of sp³-hybridized carbons (Fsp3) is 0.167. The maximum absolute atomic E-state index is 13.2. The van der Waals surface area contributed by atoms with Gasteiger partial charge in [0, 0.05) is 24.4 Å². The van der Waals surface area contributed by atoms with E-state index in [-0.39, 0.29) is 31.9 Å². The van der Waals surface area contributed by atoms with Gasteiger partial charge in [0.05, 0.1) is 0 Å². The number of rotatable bonds is 1. The molecule has 0 unspecified atom stereocenters. The number of aromatic nitrogens is 1. The molecular formula is C24H23N3O4S. The van der Waals surface area contributed by atoms with E-state index < -0.39 is 17.1 Å². The molecule has 2 aliphatic rings. The third-order valence-electron chi connectivity index (χ3n) is 5.59. The predicted octanol–water partition coefficient (Wildman–Crippen LogP) is 2.76. The number of amides is 1. The van der Waals surface area contributed by atoms with Crippen molar-refractivity contribution in [3.8, 4) is 11.5 Å². The minimum atomic E-state index is -0.582. The van der Waals surface area contributed by atoms with E-state index in [1.54, 1.807) is 15.8 Å². The highest BCUT2D eigenvalue weighted by Crippen LogP contribution is 2.36. The van der Waals surface area contributed by atoms with Crippen LogP contribution in [0.3, 0.4) is 0 Å². The van der Waals surface area contributed by atoms with Crippen molar-refractivity contribution in [3.63, 3.8) is 0 Å². The molecule has 2 bridgehead atoms. The van der Waals surface area contributed by atoms with Crippen molar-refractivity contribution >= 4 is 19.4 Å². The molecular weight excluding hydrogens is 426 g/mol. The minimum absolute atomic E-state index is 0. The zero-order valence-electron chi connectivity index (χ0n) is 17.2. The van der Waals surface area contributed by atoms with E-state index in [1.807, 2.05) is 71.8 Å². The molecule has 7 nitrogen and oxygen atoms in total. The molecule has 0 saturated carbocycles. The molecule has 8 heteroatoms. The third-order valence-corrected chi connectivity index (χ3v) is 5.59. The molecule has 0 spiro atoms. The second-order valence-corrected chi connectivity index (χ2v) is 7.46. The lowest BCUT2D eigenvalue weighted by Crippen LogP contribution is -2.55. The molecule has 1 aromatic heterocycles. The fourth-order valence-electron chi connectivity index (χ4n) is 4.13. The molecule has 164 valence electrons. The number of hydrogen-bond donors (Lipinski definition) is 1. The van der Waals surface area contributed by atoms with Crippen molar-refractivity contribution in [3.05, 3.63) is 106 Å². The van der Waals surface area contributed by atoms with Gasteiger partial charge in [-0.05, 0) is 17.7 Å². The van der Waals surface area contributed by atoms with Crippen LogP contribution in [0.25, 0.3) is 0 Å². The van der Waals surface area contributed by atoms with Crippen LogP contribution in [0, 0.1) is 0 Å². The van der Waals surface area contributed by atoms with E-state index >= 15 is 0 Å². The monoisotopic (exact) mass is 449 g/mol. The number of carbonyl (C=O) groups excluding carboxylic acids is 1. The number of nitrogens with zero attached hydrogens (tertiary/aromatic N) is 3. The van der Waals surface area contributed by atoms with Gasteiger partial charge in [-0.1, -0.05) is 54.6 Å². The quantitative estimate of drug-likeness (QED) is 0.579. The molecule has 0 saturated heterocycles. The smallest absolute Gasteiger partial charge is 0.278 e. The Kier molecular flexibility index (Phi) is 5.96. The van der Waals surface area contributed by atoms with Gasteiger partial charge < -0.3 is 14.7 Å². The highest BCUT2D eigenvalue weighted by molar-refractivity contribution is 7.59. The second-order valence-electron chi connectivity index (χ2n) is 7.46. The van der Waals surface area contributed by atoms with Crippen molar-refractivity contribution in [1.82, 2.24) is 9.58 Å². The van der Waals surface area contributed by atoms with Gasteiger partial charge in [-0.2, -0.15) is 13.5 Å². The molecule has 2 aliphatic heterocycles. The average Bonchev–Trinajstić information content (AvgIpc) is 2.82. The predicted molar refractivity (Wildman–Crippen MR) is 126 cm³/mol. The van der Waals surface area contributed by atoms with Crippen LogP contribution in [-0.4, -0.2) is 40.4 Å². The van der Waals surface area contributed by atoms with Gasteiger partial charge in [0.15, 0.2) is 11.4 Å². The third kappa shape index (κ3) is 3.62. The normalized spacial score (nSPS) is 18.4. The SMILES string of the molecule is O=C1c2c(O)c(=O)ccn2N2CN1C/C=C\COc1ccccc1[C@@H]2c1ccccc1.S. The van der Waals surface area contributed by atoms with Crippen LogP contribution in [0.4, 0.5) is 0 Å². The van der Waals surface area contributed by atoms with E-state index in [4.69, 9.17) is 4.74 Å². The van der Waals surface area contributed by atoms with Crippen LogP contribution < -0.4 is 15.2 Å². The Morgan fingerprint density at radius 2 is 1.69 bits per heavy atom. The molecule has 1 N–H and O–H groups in total. The Hall–Kier alpha value is -3.65. The maximum Gasteiger partial charge on any atom is 0.278 e. The van der Waals surface area contributed by atoms with E-state index in [9.17, 15) is 14.7 Å². The number of benzene rings is 2. The Labute approximate surface area is 192 Å². The summed E-state index contributed by atoms with van der Waals surface area (Å²) in [5, 5.41) is 12.5. The van der Waals surface area contributed by atoms with E-state index in [0.29, 0.717) is 13.2 Å². The summed E-state index contributed by atoms with van der Waals surface area (Å²) < 4.78 is 7.64. The zero-order chi connectivity index (χ0) is 21.4. The van der Waals surface area contributed by atoms with E-state index in [0.717, 1.165) is 16.9 Å². The summed E-state index contributed by atoms with van der Waals surface area (Å²) in [4.78, 5) is 26.9. The lowest BCUT2D eigenvalue weighted by molar-refractivity contribution is 0.0701. The largest absolute Gasteiger partial charge is 0.502 e. The number of carbonyl (C=O) groups is 1. The van der Waals surface area contributed by atoms with Crippen molar-refractivity contribution in [2.75, 3.05) is 24.8 Å². The van der Waals surface area contributed by atoms with Crippen molar-refractivity contribution in [1.29, 1.82) is 0 Å². The first-order valence-electron chi connectivity index (χ1n) is 10.1. The number of fused-ring (bicyclic) bond motifs is 5. The Morgan fingerprint density at radius 1 is 0.938 bits per heavy atom. The van der Waals surface area contributed by atoms with Gasteiger partial charge >= 0.3 is 0 Å². The molecule has 2 aromatic carbocycles. The molecule has 1 amide bonds. The number of hydrogen-bond acceptors (Lipinski definition) is 5. The summed E-state index contributed by atoms with van der Waals surface area (Å²) in [7, 11) is 0. The Balaban J connectivity index is 0.00000245. The molecule has 0 aliphatic carbocycles. The highest BCUT2D eigenvalue weighted by Gasteiger charge is 2.37. The molecule has 0 radical (unpaired) electrons. The highest BCUT2D eigenvalue weighted by atomic mass is 32.1. The van der Waals surface area contributed by atoms with Gasteiger partial charge in [-0.25, -0.2) is 0 Å². The van der Waals surface area contributed by atoms with Crippen molar-refractivity contribution in [2.24, 2.45) is 0 Å². The fourth-order valence-corrected chi connectivity index (χ4v) is 4.13. The molecule has 3 aromatic rings. The molecule has 5 rings (SSSR count). The molecule has 0 fully saturated rings. The van der Waals surface area contributed by atoms with Crippen LogP contribution in [0.5, 0.6) is 11.5 Å². The molecule has 1 atom stereocenters. The first kappa shape index (κ1) is 21.6. The molecule has 32 heavy (non-hydrogen) atoms. The second kappa shape index (κ2) is 8.84. The Morgan fingerprint density at radius 3 is 2.50 bits per heavy atom. The maximum atomic E-state index is 13.2. The van der Waals surface area contributed by atoms with Gasteiger partial charge in [0.2, 0.25) is 5.43 Å². The van der Waals surface area contributed by atoms with Gasteiger partial charge in [-0.3, -0.25) is 19.3 Å². The summed E-state index contributed by atoms with van der Waals surface area (Å²) in [6, 6.07) is 18.6. The summed E-state index contributed by atoms with van der Waals surface area (Å²) in [6.45, 7) is 0.974. The minimum Gasteiger partial charge on any atom is -0.502 e. The number of para-hydroxylation sites is 1. The van der Waals surface area contributed by atoms with Crippen molar-refractivity contribution in [2.45, 2.75) is 6.04 Å². The summed E-state index contributed by atoms with van der Waals surface area (Å²) >= 11 is 0. The summed E-state index contributed by atoms with van der Waals surface area (Å²) in [5.74, 6) is -0.202. The summed E-state index contributed by atoms with van der Waals surface area (Å²) in [5.41, 5.74) is 1.29. The number of pyridine rings is 1. The standard InChI is InChI=1S/C24H21N3O4.H2S/c28-19-12-14-26-22(23(19)29)24(30)25-13-6-7-15-31-20-11-5-4-10-18(20)21(27(26)16-25)17-8-2-1-3-9-17;/h1-12,14,21,29H,13,15-16H2;1H2/b7-6-;/t21-;/m0./s1. The summed E-state index contributed by atoms with van der Waals surface area (Å²) in [6.07, 6.45) is 5.26. The number of ether oxygens (including phenoxy) is 1. The van der Waals surface area contributed by atoms with Crippen LogP contribution in [0.15, 0.2) is 83.8 Å². The zero-order valence-corrected chi connectivity index (χ0v) is 18.2. The van der Waals surface area contributed by atoms with Crippen LogP contribution >= 0.6 is 13.5 Å². The lowest BCUT2D eigenvalue weighted by Gasteiger charge is -2.43.